The second-order valence-corrected chi connectivity index (χ2v) is 9.16. The Morgan fingerprint density at radius 2 is 1.65 bits per heavy atom. The molecule has 2 aliphatic heterocycles. The van der Waals surface area contributed by atoms with Crippen molar-refractivity contribution < 1.29 is 13.2 Å². The number of hydrogen-bond donors (Lipinski definition) is 1. The minimum Gasteiger partial charge on any atom is -0.352 e. The van der Waals surface area contributed by atoms with Crippen LogP contribution in [0.15, 0.2) is 59.5 Å². The van der Waals surface area contributed by atoms with Crippen molar-refractivity contribution in [2.75, 3.05) is 13.1 Å². The molecule has 1 N–H and O–H groups in total. The van der Waals surface area contributed by atoms with E-state index >= 15 is 0 Å². The Kier molecular flexibility index (Phi) is 4.54. The summed E-state index contributed by atoms with van der Waals surface area (Å²) in [7, 11) is -3.37. The summed E-state index contributed by atoms with van der Waals surface area (Å²) in [6.07, 6.45) is 0.602. The summed E-state index contributed by atoms with van der Waals surface area (Å²) < 4.78 is 25.5. The monoisotopic (exact) mass is 370 g/mol. The third kappa shape index (κ3) is 3.52. The molecule has 0 saturated carbocycles. The summed E-state index contributed by atoms with van der Waals surface area (Å²) in [5.41, 5.74) is 1.88. The van der Waals surface area contributed by atoms with Gasteiger partial charge >= 0.3 is 0 Å². The van der Waals surface area contributed by atoms with Crippen LogP contribution >= 0.6 is 0 Å². The van der Waals surface area contributed by atoms with Crippen molar-refractivity contribution in [1.29, 1.82) is 0 Å². The number of nitrogens with one attached hydrogen (secondary N) is 1. The average Bonchev–Trinajstić information content (AvgIpc) is 3.14. The molecule has 1 amide bonds. The molecule has 2 saturated heterocycles. The number of amides is 1. The van der Waals surface area contributed by atoms with Gasteiger partial charge in [0.15, 0.2) is 9.84 Å². The number of benzene rings is 2. The van der Waals surface area contributed by atoms with E-state index < -0.39 is 9.84 Å². The number of likely N-dealkylation sites (tertiary alicyclic amines) is 1. The Labute approximate surface area is 153 Å². The first-order chi connectivity index (χ1) is 12.5. The van der Waals surface area contributed by atoms with E-state index in [1.807, 2.05) is 30.3 Å². The molecule has 5 nitrogen and oxygen atoms in total. The summed E-state index contributed by atoms with van der Waals surface area (Å²) in [5, 5.41) is 3.03. The number of carbonyl (C=O) groups excluding carboxylic acids is 1. The van der Waals surface area contributed by atoms with Crippen molar-refractivity contribution >= 4 is 15.7 Å². The van der Waals surface area contributed by atoms with Crippen LogP contribution in [0.5, 0.6) is 0 Å². The van der Waals surface area contributed by atoms with Crippen molar-refractivity contribution in [2.45, 2.75) is 29.7 Å². The van der Waals surface area contributed by atoms with E-state index in [9.17, 15) is 13.2 Å². The standard InChI is InChI=1S/C20H22N2O3S/c23-20-10-17-12-22(13-19(17)21-20)11-15-6-4-5-7-16(15)14-26(24,25)18-8-2-1-3-9-18/h1-9,17,19H,10-14H2,(H,21,23)/t17-,19+/m0/s1. The van der Waals surface area contributed by atoms with Crippen molar-refractivity contribution in [2.24, 2.45) is 5.92 Å². The molecule has 0 aromatic heterocycles. The molecule has 2 aliphatic rings. The van der Waals surface area contributed by atoms with Crippen LogP contribution in [-0.4, -0.2) is 38.4 Å². The maximum absolute atomic E-state index is 12.7. The van der Waals surface area contributed by atoms with Crippen LogP contribution in [0.1, 0.15) is 17.5 Å². The summed E-state index contributed by atoms with van der Waals surface area (Å²) in [6.45, 7) is 2.42. The number of carbonyl (C=O) groups is 1. The van der Waals surface area contributed by atoms with Crippen LogP contribution in [-0.2, 0) is 26.9 Å². The van der Waals surface area contributed by atoms with E-state index in [1.165, 1.54) is 0 Å². The van der Waals surface area contributed by atoms with Crippen LogP contribution in [0.3, 0.4) is 0 Å². The lowest BCUT2D eigenvalue weighted by Crippen LogP contribution is -2.32. The molecule has 6 heteroatoms. The molecule has 0 bridgehead atoms. The molecule has 0 unspecified atom stereocenters. The SMILES string of the molecule is O=C1C[C@H]2CN(Cc3ccccc3CS(=O)(=O)c3ccccc3)C[C@H]2N1. The van der Waals surface area contributed by atoms with Crippen molar-refractivity contribution in [3.63, 3.8) is 0 Å². The minimum absolute atomic E-state index is 0.00458. The molecule has 26 heavy (non-hydrogen) atoms. The fourth-order valence-corrected chi connectivity index (χ4v) is 5.40. The van der Waals surface area contributed by atoms with Gasteiger partial charge in [0.05, 0.1) is 10.6 Å². The zero-order valence-electron chi connectivity index (χ0n) is 14.5. The molecule has 0 spiro atoms. The predicted molar refractivity (Wildman–Crippen MR) is 99.1 cm³/mol. The van der Waals surface area contributed by atoms with Crippen molar-refractivity contribution in [1.82, 2.24) is 10.2 Å². The average molecular weight is 370 g/mol. The molecule has 2 fully saturated rings. The fourth-order valence-electron chi connectivity index (χ4n) is 3.97. The third-order valence-corrected chi connectivity index (χ3v) is 6.95. The highest BCUT2D eigenvalue weighted by Crippen LogP contribution is 2.28. The maximum Gasteiger partial charge on any atom is 0.220 e. The number of sulfone groups is 1. The Balaban J connectivity index is 1.50. The van der Waals surface area contributed by atoms with Gasteiger partial charge in [-0.25, -0.2) is 8.42 Å². The molecule has 2 aromatic rings. The number of nitrogens with zero attached hydrogens (tertiary/aromatic N) is 1. The topological polar surface area (TPSA) is 66.5 Å². The van der Waals surface area contributed by atoms with Crippen LogP contribution in [0.2, 0.25) is 0 Å². The highest BCUT2D eigenvalue weighted by molar-refractivity contribution is 7.90. The van der Waals surface area contributed by atoms with Gasteiger partial charge in [0.2, 0.25) is 5.91 Å². The Morgan fingerprint density at radius 3 is 2.38 bits per heavy atom. The summed E-state index contributed by atoms with van der Waals surface area (Å²) in [6, 6.07) is 16.6. The number of hydrogen-bond acceptors (Lipinski definition) is 4. The lowest BCUT2D eigenvalue weighted by molar-refractivity contribution is -0.119. The van der Waals surface area contributed by atoms with Gasteiger partial charge in [-0.05, 0) is 23.3 Å². The Bertz CT molecular complexity index is 896. The number of fused-ring (bicyclic) bond motifs is 1. The van der Waals surface area contributed by atoms with Crippen molar-refractivity contribution in [3.8, 4) is 0 Å². The van der Waals surface area contributed by atoms with Gasteiger partial charge in [0.25, 0.3) is 0 Å². The lowest BCUT2D eigenvalue weighted by atomic mass is 10.1. The molecule has 2 atom stereocenters. The first-order valence-electron chi connectivity index (χ1n) is 8.87. The molecule has 2 aromatic carbocycles. The highest BCUT2D eigenvalue weighted by atomic mass is 32.2. The van der Waals surface area contributed by atoms with Gasteiger partial charge in [0, 0.05) is 38.0 Å². The van der Waals surface area contributed by atoms with Crippen LogP contribution < -0.4 is 5.32 Å². The van der Waals surface area contributed by atoms with E-state index in [0.717, 1.165) is 24.2 Å². The zero-order valence-corrected chi connectivity index (χ0v) is 15.3. The summed E-state index contributed by atoms with van der Waals surface area (Å²) in [5.74, 6) is 0.529. The van der Waals surface area contributed by atoms with Crippen LogP contribution in [0, 0.1) is 5.92 Å². The van der Waals surface area contributed by atoms with E-state index in [-0.39, 0.29) is 17.7 Å². The molecular formula is C20H22N2O3S. The molecule has 136 valence electrons. The quantitative estimate of drug-likeness (QED) is 0.874. The van der Waals surface area contributed by atoms with E-state index in [0.29, 0.717) is 23.8 Å². The second kappa shape index (κ2) is 6.85. The van der Waals surface area contributed by atoms with E-state index in [2.05, 4.69) is 10.2 Å². The van der Waals surface area contributed by atoms with Gasteiger partial charge < -0.3 is 5.32 Å². The zero-order chi connectivity index (χ0) is 18.1. The van der Waals surface area contributed by atoms with Gasteiger partial charge in [0.1, 0.15) is 0 Å². The third-order valence-electron chi connectivity index (χ3n) is 5.27. The summed E-state index contributed by atoms with van der Waals surface area (Å²) in [4.78, 5) is 14.1. The fraction of sp³-hybridized carbons (Fsp3) is 0.350. The van der Waals surface area contributed by atoms with Gasteiger partial charge in [-0.1, -0.05) is 42.5 Å². The first kappa shape index (κ1) is 17.2. The number of rotatable bonds is 5. The van der Waals surface area contributed by atoms with Crippen molar-refractivity contribution in [3.05, 3.63) is 65.7 Å². The highest BCUT2D eigenvalue weighted by Gasteiger charge is 2.39. The summed E-state index contributed by atoms with van der Waals surface area (Å²) >= 11 is 0. The largest absolute Gasteiger partial charge is 0.352 e. The second-order valence-electron chi connectivity index (χ2n) is 7.17. The normalized spacial score (nSPS) is 23.0. The maximum atomic E-state index is 12.7. The molecular weight excluding hydrogens is 348 g/mol. The predicted octanol–water partition coefficient (Wildman–Crippen LogP) is 1.98. The van der Waals surface area contributed by atoms with Crippen LogP contribution in [0.25, 0.3) is 0 Å². The van der Waals surface area contributed by atoms with Gasteiger partial charge in [-0.15, -0.1) is 0 Å². The van der Waals surface area contributed by atoms with E-state index in [4.69, 9.17) is 0 Å². The Hall–Kier alpha value is -2.18. The molecule has 4 rings (SSSR count). The smallest absolute Gasteiger partial charge is 0.220 e. The van der Waals surface area contributed by atoms with Crippen LogP contribution in [0.4, 0.5) is 0 Å². The minimum atomic E-state index is -3.37. The lowest BCUT2D eigenvalue weighted by Gasteiger charge is -2.19. The molecule has 2 heterocycles. The molecule has 0 aliphatic carbocycles. The van der Waals surface area contributed by atoms with Gasteiger partial charge in [-0.2, -0.15) is 0 Å². The van der Waals surface area contributed by atoms with E-state index in [1.54, 1.807) is 24.3 Å². The Morgan fingerprint density at radius 1 is 0.962 bits per heavy atom. The first-order valence-corrected chi connectivity index (χ1v) is 10.5. The van der Waals surface area contributed by atoms with Gasteiger partial charge in [-0.3, -0.25) is 9.69 Å². The molecule has 0 radical (unpaired) electrons.